The Morgan fingerprint density at radius 2 is 0.613 bits per heavy atom. The summed E-state index contributed by atoms with van der Waals surface area (Å²) in [7, 11) is -7.92. The molecule has 4 fully saturated rings. The molecule has 16 nitrogen and oxygen atoms in total. The molecule has 0 amide bonds. The van der Waals surface area contributed by atoms with Gasteiger partial charge in [0, 0.05) is 95.9 Å². The first-order valence-corrected chi connectivity index (χ1v) is 38.5. The smallest absolute Gasteiger partial charge is 0.269 e. The fraction of sp³-hybridized carbons (Fsp3) is 0.227. The summed E-state index contributed by atoms with van der Waals surface area (Å²) < 4.78 is 87.5. The summed E-state index contributed by atoms with van der Waals surface area (Å²) in [5, 5.41) is 11.7. The second-order valence-corrected chi connectivity index (χ2v) is 31.0. The third kappa shape index (κ3) is 12.6. The monoisotopic (exact) mass is 1440 g/mol. The number of fused-ring (bicyclic) bond motifs is 2. The molecule has 2 aliphatic heterocycles. The highest BCUT2D eigenvalue weighted by Crippen LogP contribution is 2.48. The number of hydrogen-bond acceptors (Lipinski definition) is 12. The summed E-state index contributed by atoms with van der Waals surface area (Å²) in [5.41, 5.74) is 10.6. The first-order chi connectivity index (χ1) is 51.0. The number of ether oxygens (including phenoxy) is 4. The van der Waals surface area contributed by atoms with E-state index in [4.69, 9.17) is 39.1 Å². The van der Waals surface area contributed by atoms with Crippen molar-refractivity contribution in [2.24, 2.45) is 0 Å². The second kappa shape index (κ2) is 29.3. The molecular weight excluding hydrogens is 1360 g/mol. The lowest BCUT2D eigenvalue weighted by Crippen LogP contribution is -2.38. The van der Waals surface area contributed by atoms with Gasteiger partial charge in [-0.2, -0.15) is 10.2 Å². The van der Waals surface area contributed by atoms with E-state index >= 15 is 0 Å². The third-order valence-corrected chi connectivity index (χ3v) is 24.9. The van der Waals surface area contributed by atoms with Crippen molar-refractivity contribution in [2.45, 2.75) is 110 Å². The molecule has 0 N–H and O–H groups in total. The minimum Gasteiger partial charge on any atom is -0.348 e. The van der Waals surface area contributed by atoms with E-state index in [1.807, 2.05) is 168 Å². The molecule has 106 heavy (non-hydrogen) atoms. The zero-order valence-corrected chi connectivity index (χ0v) is 58.8. The van der Waals surface area contributed by atoms with E-state index in [1.54, 1.807) is 60.9 Å². The van der Waals surface area contributed by atoms with Gasteiger partial charge in [-0.25, -0.2) is 34.7 Å². The van der Waals surface area contributed by atoms with E-state index in [-0.39, 0.29) is 36.5 Å². The van der Waals surface area contributed by atoms with Crippen LogP contribution in [0.3, 0.4) is 0 Å². The van der Waals surface area contributed by atoms with Gasteiger partial charge in [-0.15, -0.1) is 0 Å². The predicted molar refractivity (Wildman–Crippen MR) is 414 cm³/mol. The first kappa shape index (κ1) is 70.9. The minimum atomic E-state index is -3.96. The summed E-state index contributed by atoms with van der Waals surface area (Å²) in [4.78, 5) is 10.2. The van der Waals surface area contributed by atoms with E-state index in [2.05, 4.69) is 84.9 Å². The number of rotatable bonds is 16. The van der Waals surface area contributed by atoms with E-state index in [1.165, 1.54) is 7.94 Å². The summed E-state index contributed by atoms with van der Waals surface area (Å²) in [6, 6.07) is 83.6. The Balaban J connectivity index is 0.000000167. The summed E-state index contributed by atoms with van der Waals surface area (Å²) in [5.74, 6) is -0.434. The fourth-order valence-corrected chi connectivity index (χ4v) is 19.1. The Morgan fingerprint density at radius 3 is 0.887 bits per heavy atom. The topological polar surface area (TPSA) is 176 Å². The Bertz CT molecular complexity index is 5020. The average Bonchev–Trinajstić information content (AvgIpc) is 1.48. The van der Waals surface area contributed by atoms with Gasteiger partial charge in [0.25, 0.3) is 20.0 Å². The van der Waals surface area contributed by atoms with Gasteiger partial charge in [0.1, 0.15) is 11.1 Å². The van der Waals surface area contributed by atoms with Crippen molar-refractivity contribution >= 4 is 42.1 Å². The maximum Gasteiger partial charge on any atom is 0.269 e. The lowest BCUT2D eigenvalue weighted by molar-refractivity contribution is -0.179. The van der Waals surface area contributed by atoms with Crippen LogP contribution in [0.15, 0.2) is 314 Å². The van der Waals surface area contributed by atoms with Gasteiger partial charge in [0.2, 0.25) is 0 Å². The number of hydrogen-bond donors (Lipinski definition) is 0. The zero-order valence-electron chi connectivity index (χ0n) is 57.2. The molecule has 2 saturated heterocycles. The van der Waals surface area contributed by atoms with Crippen molar-refractivity contribution in [1.82, 2.24) is 37.5 Å². The largest absolute Gasteiger partial charge is 0.348 e. The third-order valence-electron chi connectivity index (χ3n) is 21.6. The summed E-state index contributed by atoms with van der Waals surface area (Å²) in [6.07, 6.45) is 21.7. The van der Waals surface area contributed by atoms with E-state index in [0.29, 0.717) is 37.7 Å². The van der Waals surface area contributed by atoms with Crippen molar-refractivity contribution in [3.05, 3.63) is 349 Å². The second-order valence-electron chi connectivity index (χ2n) is 27.3. The van der Waals surface area contributed by atoms with Crippen molar-refractivity contribution in [1.29, 1.82) is 0 Å². The van der Waals surface area contributed by atoms with Crippen LogP contribution in [0.1, 0.15) is 123 Å². The van der Waals surface area contributed by atoms with Crippen LogP contribution in [0.4, 0.5) is 0 Å². The maximum absolute atomic E-state index is 14.2. The van der Waals surface area contributed by atoms with Gasteiger partial charge in [0.15, 0.2) is 22.9 Å². The van der Waals surface area contributed by atoms with Crippen LogP contribution in [0.2, 0.25) is 0 Å². The molecule has 2 saturated carbocycles. The van der Waals surface area contributed by atoms with Gasteiger partial charge in [-0.1, -0.05) is 233 Å². The highest BCUT2D eigenvalue weighted by molar-refractivity contribution is 7.90. The van der Waals surface area contributed by atoms with Crippen LogP contribution in [0.25, 0.3) is 44.3 Å². The highest BCUT2D eigenvalue weighted by atomic mass is 32.2. The molecule has 18 rings (SSSR count). The van der Waals surface area contributed by atoms with E-state index < -0.39 is 42.7 Å². The number of nitrogens with zero attached hydrogens (tertiary/aromatic N) is 8. The van der Waals surface area contributed by atoms with E-state index in [0.717, 1.165) is 129 Å². The molecule has 4 aliphatic rings. The lowest BCUT2D eigenvalue weighted by atomic mass is 9.77. The SMILES string of the molecule is C.C.O=S(=O)(c1ccccc1)n1cc(-c2cnn(C(c3ccccc3)(c3ccccc3)c3ccccc3)c2)c2cc(C3CCC4(CC3)OCCO4)cnc21.O=S(=O)(c1ccccc1)n1cc(-c2cnn(C(c3ccccc3)(c3ccccc3)c3ccccc3)c2)c2cc(C3CCC4(CC3)OCCO4)cnc21. The van der Waals surface area contributed by atoms with Gasteiger partial charge in [0.05, 0.1) is 48.6 Å². The molecule has 0 atom stereocenters. The fourth-order valence-electron chi connectivity index (χ4n) is 16.4. The van der Waals surface area contributed by atoms with Crippen LogP contribution in [-0.2, 0) is 50.1 Å². The zero-order chi connectivity index (χ0) is 70.4. The quantitative estimate of drug-likeness (QED) is 0.0838. The van der Waals surface area contributed by atoms with Gasteiger partial charge >= 0.3 is 0 Å². The number of aromatic nitrogens is 8. The molecule has 8 heterocycles. The Labute approximate surface area is 619 Å². The molecule has 18 heteroatoms. The van der Waals surface area contributed by atoms with Crippen molar-refractivity contribution in [3.8, 4) is 22.3 Å². The molecule has 2 aliphatic carbocycles. The maximum atomic E-state index is 14.2. The highest BCUT2D eigenvalue weighted by Gasteiger charge is 2.45. The average molecular weight is 1450 g/mol. The van der Waals surface area contributed by atoms with Crippen LogP contribution in [-0.4, -0.2) is 92.3 Å². The molecule has 536 valence electrons. The van der Waals surface area contributed by atoms with Crippen molar-refractivity contribution < 1.29 is 35.8 Å². The molecule has 8 aromatic carbocycles. The van der Waals surface area contributed by atoms with Crippen LogP contribution in [0.5, 0.6) is 0 Å². The molecular formula is C88H84N8O8S2. The van der Waals surface area contributed by atoms with Crippen molar-refractivity contribution in [3.63, 3.8) is 0 Å². The number of benzene rings is 8. The molecule has 0 unspecified atom stereocenters. The Morgan fingerprint density at radius 1 is 0.349 bits per heavy atom. The molecule has 2 spiro atoms. The van der Waals surface area contributed by atoms with Gasteiger partial charge < -0.3 is 18.9 Å². The normalized spacial score (nSPS) is 16.7. The standard InChI is InChI=1S/2C43H38N4O4S.2CH4/c2*48-52(49,38-19-11-4-12-20-38)46-31-40(39-27-33(28-44-41(39)46)32-21-23-42(24-22-32)50-25-26-51-42)34-29-45-47(30-34)43(35-13-5-1-6-14-35,36-15-7-2-8-16-36)37-17-9-3-10-18-37;;/h2*1-20,27-32H,21-26H2;2*1H4. The molecule has 0 bridgehead atoms. The minimum absolute atomic E-state index is 0. The van der Waals surface area contributed by atoms with E-state index in [9.17, 15) is 16.8 Å². The first-order valence-electron chi connectivity index (χ1n) is 35.6. The van der Waals surface area contributed by atoms with Gasteiger partial charge in [-0.05, 0) is 118 Å². The Kier molecular flexibility index (Phi) is 19.6. The lowest BCUT2D eigenvalue weighted by Gasteiger charge is -2.36. The number of pyridine rings is 2. The summed E-state index contributed by atoms with van der Waals surface area (Å²) in [6.45, 7) is 2.55. The summed E-state index contributed by atoms with van der Waals surface area (Å²) >= 11 is 0. The van der Waals surface area contributed by atoms with Crippen LogP contribution >= 0.6 is 0 Å². The molecule has 14 aromatic rings. The predicted octanol–water partition coefficient (Wildman–Crippen LogP) is 18.0. The van der Waals surface area contributed by atoms with Gasteiger partial charge in [-0.3, -0.25) is 9.36 Å². The molecule has 0 radical (unpaired) electrons. The van der Waals surface area contributed by atoms with Crippen LogP contribution < -0.4 is 0 Å². The Hall–Kier alpha value is -10.7. The van der Waals surface area contributed by atoms with Crippen molar-refractivity contribution in [2.75, 3.05) is 26.4 Å². The van der Waals surface area contributed by atoms with Crippen LogP contribution in [0, 0.1) is 0 Å². The molecule has 6 aromatic heterocycles.